The minimum atomic E-state index is -3.70. The van der Waals surface area contributed by atoms with Crippen LogP contribution >= 0.6 is 0 Å². The average Bonchev–Trinajstić information content (AvgIpc) is 3.14. The summed E-state index contributed by atoms with van der Waals surface area (Å²) in [6.45, 7) is 4.58. The number of hydrogen-bond donors (Lipinski definition) is 2. The Balaban J connectivity index is 1.65. The van der Waals surface area contributed by atoms with Gasteiger partial charge in [0.1, 0.15) is 11.6 Å². The molecule has 0 saturated heterocycles. The summed E-state index contributed by atoms with van der Waals surface area (Å²) in [6.07, 6.45) is 1.59. The molecule has 1 aromatic carbocycles. The van der Waals surface area contributed by atoms with Crippen LogP contribution in [0.5, 0.6) is 0 Å². The Morgan fingerprint density at radius 2 is 1.69 bits per heavy atom. The SMILES string of the molecule is CC(C)c1ccc(S(=O)(=O)Nc2ccc(NCc3ccco3)nn2)cc1. The van der Waals surface area contributed by atoms with Crippen LogP contribution in [-0.4, -0.2) is 18.6 Å². The number of nitrogens with zero attached hydrogens (tertiary/aromatic N) is 2. The van der Waals surface area contributed by atoms with Gasteiger partial charge in [-0.05, 0) is 47.9 Å². The Labute approximate surface area is 152 Å². The van der Waals surface area contributed by atoms with Gasteiger partial charge in [0.05, 0.1) is 17.7 Å². The molecule has 8 heteroatoms. The molecule has 0 aliphatic rings. The number of rotatable bonds is 7. The molecule has 0 unspecified atom stereocenters. The van der Waals surface area contributed by atoms with Crippen molar-refractivity contribution in [1.29, 1.82) is 0 Å². The highest BCUT2D eigenvalue weighted by Crippen LogP contribution is 2.19. The van der Waals surface area contributed by atoms with Gasteiger partial charge in [-0.1, -0.05) is 26.0 Å². The Bertz CT molecular complexity index is 935. The van der Waals surface area contributed by atoms with Gasteiger partial charge in [-0.25, -0.2) is 8.42 Å². The van der Waals surface area contributed by atoms with E-state index in [1.807, 2.05) is 18.2 Å². The lowest BCUT2D eigenvalue weighted by Gasteiger charge is -2.09. The Morgan fingerprint density at radius 1 is 1.00 bits per heavy atom. The minimum absolute atomic E-state index is 0.154. The fourth-order valence-corrected chi connectivity index (χ4v) is 3.30. The lowest BCUT2D eigenvalue weighted by molar-refractivity contribution is 0.517. The van der Waals surface area contributed by atoms with E-state index >= 15 is 0 Å². The number of hydrogen-bond acceptors (Lipinski definition) is 6. The molecule has 0 aliphatic heterocycles. The molecule has 0 fully saturated rings. The van der Waals surface area contributed by atoms with Gasteiger partial charge in [0.2, 0.25) is 0 Å². The van der Waals surface area contributed by atoms with Gasteiger partial charge in [0.15, 0.2) is 5.82 Å². The second-order valence-electron chi connectivity index (χ2n) is 6.07. The molecule has 0 atom stereocenters. The van der Waals surface area contributed by atoms with Crippen molar-refractivity contribution in [1.82, 2.24) is 10.2 Å². The van der Waals surface area contributed by atoms with Crippen LogP contribution in [0.3, 0.4) is 0 Å². The maximum absolute atomic E-state index is 12.4. The van der Waals surface area contributed by atoms with E-state index in [-0.39, 0.29) is 10.7 Å². The first-order chi connectivity index (χ1) is 12.4. The molecule has 3 rings (SSSR count). The standard InChI is InChI=1S/C18H20N4O3S/c1-13(2)14-5-7-16(8-6-14)26(23,24)22-18-10-9-17(20-21-18)19-12-15-4-3-11-25-15/h3-11,13H,12H2,1-2H3,(H,19,20)(H,21,22). The van der Waals surface area contributed by atoms with Crippen LogP contribution in [0.1, 0.15) is 31.1 Å². The molecule has 7 nitrogen and oxygen atoms in total. The second-order valence-corrected chi connectivity index (χ2v) is 7.75. The summed E-state index contributed by atoms with van der Waals surface area (Å²) in [6, 6.07) is 13.6. The summed E-state index contributed by atoms with van der Waals surface area (Å²) in [5.41, 5.74) is 1.08. The third kappa shape index (κ3) is 4.40. The zero-order valence-corrected chi connectivity index (χ0v) is 15.3. The lowest BCUT2D eigenvalue weighted by atomic mass is 10.0. The van der Waals surface area contributed by atoms with E-state index in [2.05, 4.69) is 34.1 Å². The van der Waals surface area contributed by atoms with E-state index in [1.165, 1.54) is 0 Å². The predicted octanol–water partition coefficient (Wildman–Crippen LogP) is 3.61. The fourth-order valence-electron chi connectivity index (χ4n) is 2.30. The highest BCUT2D eigenvalue weighted by molar-refractivity contribution is 7.92. The molecular weight excluding hydrogens is 352 g/mol. The van der Waals surface area contributed by atoms with Gasteiger partial charge in [0.25, 0.3) is 10.0 Å². The predicted molar refractivity (Wildman–Crippen MR) is 99.4 cm³/mol. The van der Waals surface area contributed by atoms with Crippen LogP contribution in [0.15, 0.2) is 64.1 Å². The summed E-state index contributed by atoms with van der Waals surface area (Å²) >= 11 is 0. The first-order valence-electron chi connectivity index (χ1n) is 8.17. The lowest BCUT2D eigenvalue weighted by Crippen LogP contribution is -2.14. The number of anilines is 2. The van der Waals surface area contributed by atoms with E-state index in [0.29, 0.717) is 18.3 Å². The fraction of sp³-hybridized carbons (Fsp3) is 0.222. The third-order valence-electron chi connectivity index (χ3n) is 3.78. The molecule has 0 aliphatic carbocycles. The van der Waals surface area contributed by atoms with Gasteiger partial charge >= 0.3 is 0 Å². The Hall–Kier alpha value is -2.87. The quantitative estimate of drug-likeness (QED) is 0.658. The maximum atomic E-state index is 12.4. The highest BCUT2D eigenvalue weighted by Gasteiger charge is 2.15. The topological polar surface area (TPSA) is 97.1 Å². The smallest absolute Gasteiger partial charge is 0.263 e. The van der Waals surface area contributed by atoms with Crippen molar-refractivity contribution < 1.29 is 12.8 Å². The highest BCUT2D eigenvalue weighted by atomic mass is 32.2. The van der Waals surface area contributed by atoms with Crippen molar-refractivity contribution in [2.45, 2.75) is 31.2 Å². The summed E-state index contributed by atoms with van der Waals surface area (Å²) in [5.74, 6) is 1.78. The van der Waals surface area contributed by atoms with Crippen molar-refractivity contribution in [3.63, 3.8) is 0 Å². The second kappa shape index (κ2) is 7.57. The van der Waals surface area contributed by atoms with Crippen LogP contribution in [0.2, 0.25) is 0 Å². The van der Waals surface area contributed by atoms with Crippen molar-refractivity contribution in [2.75, 3.05) is 10.0 Å². The number of nitrogens with one attached hydrogen (secondary N) is 2. The molecular formula is C18H20N4O3S. The van der Waals surface area contributed by atoms with Crippen LogP contribution in [-0.2, 0) is 16.6 Å². The van der Waals surface area contributed by atoms with Gasteiger partial charge in [-0.3, -0.25) is 4.72 Å². The van der Waals surface area contributed by atoms with Crippen molar-refractivity contribution >= 4 is 21.7 Å². The first-order valence-corrected chi connectivity index (χ1v) is 9.65. The van der Waals surface area contributed by atoms with Gasteiger partial charge in [-0.15, -0.1) is 10.2 Å². The van der Waals surface area contributed by atoms with E-state index < -0.39 is 10.0 Å². The largest absolute Gasteiger partial charge is 0.467 e. The number of sulfonamides is 1. The normalized spacial score (nSPS) is 11.5. The number of benzene rings is 1. The maximum Gasteiger partial charge on any atom is 0.263 e. The van der Waals surface area contributed by atoms with E-state index in [9.17, 15) is 8.42 Å². The molecule has 0 amide bonds. The molecule has 2 aromatic heterocycles. The third-order valence-corrected chi connectivity index (χ3v) is 5.16. The molecule has 3 aromatic rings. The summed E-state index contributed by atoms with van der Waals surface area (Å²) < 4.78 is 32.5. The Morgan fingerprint density at radius 3 is 2.27 bits per heavy atom. The van der Waals surface area contributed by atoms with Crippen molar-refractivity contribution in [3.8, 4) is 0 Å². The van der Waals surface area contributed by atoms with Crippen LogP contribution < -0.4 is 10.0 Å². The number of furan rings is 1. The zero-order valence-electron chi connectivity index (χ0n) is 14.5. The summed E-state index contributed by atoms with van der Waals surface area (Å²) in [7, 11) is -3.70. The first kappa shape index (κ1) is 17.9. The van der Waals surface area contributed by atoms with E-state index in [4.69, 9.17) is 4.42 Å². The van der Waals surface area contributed by atoms with E-state index in [0.717, 1.165) is 11.3 Å². The van der Waals surface area contributed by atoms with Crippen LogP contribution in [0.25, 0.3) is 0 Å². The molecule has 26 heavy (non-hydrogen) atoms. The van der Waals surface area contributed by atoms with Gasteiger partial charge < -0.3 is 9.73 Å². The minimum Gasteiger partial charge on any atom is -0.467 e. The zero-order chi connectivity index (χ0) is 18.6. The molecule has 0 radical (unpaired) electrons. The summed E-state index contributed by atoms with van der Waals surface area (Å²) in [4.78, 5) is 0.184. The van der Waals surface area contributed by atoms with Crippen LogP contribution in [0.4, 0.5) is 11.6 Å². The molecule has 2 heterocycles. The summed E-state index contributed by atoms with van der Waals surface area (Å²) in [5, 5.41) is 10.9. The molecule has 0 bridgehead atoms. The van der Waals surface area contributed by atoms with Gasteiger partial charge in [0, 0.05) is 0 Å². The number of aromatic nitrogens is 2. The molecule has 0 saturated carbocycles. The molecule has 136 valence electrons. The average molecular weight is 372 g/mol. The van der Waals surface area contributed by atoms with Gasteiger partial charge in [-0.2, -0.15) is 0 Å². The molecule has 2 N–H and O–H groups in total. The van der Waals surface area contributed by atoms with Crippen molar-refractivity contribution in [3.05, 3.63) is 66.1 Å². The Kier molecular flexibility index (Phi) is 5.22. The monoisotopic (exact) mass is 372 g/mol. The van der Waals surface area contributed by atoms with Crippen molar-refractivity contribution in [2.24, 2.45) is 0 Å². The molecule has 0 spiro atoms. The van der Waals surface area contributed by atoms with E-state index in [1.54, 1.807) is 36.6 Å². The van der Waals surface area contributed by atoms with Crippen LogP contribution in [0, 0.1) is 0 Å².